The second-order valence-electron chi connectivity index (χ2n) is 7.79. The smallest absolute Gasteiger partial charge is 0.177 e. The van der Waals surface area contributed by atoms with Crippen LogP contribution < -0.4 is 4.74 Å². The lowest BCUT2D eigenvalue weighted by Crippen LogP contribution is -2.31. The normalized spacial score (nSPS) is 18.1. The van der Waals surface area contributed by atoms with Gasteiger partial charge in [-0.15, -0.1) is 6.42 Å². The molecule has 6 rings (SSSR count). The third kappa shape index (κ3) is 2.39. The molecule has 146 valence electrons. The number of rotatable bonds is 0. The third-order valence-corrected chi connectivity index (χ3v) is 6.16. The van der Waals surface area contributed by atoms with E-state index in [4.69, 9.17) is 11.2 Å². The molecule has 0 amide bonds. The van der Waals surface area contributed by atoms with E-state index in [2.05, 4.69) is 18.1 Å². The maximum absolute atomic E-state index is 11.6. The molecule has 2 nitrogen and oxygen atoms in total. The quantitative estimate of drug-likeness (QED) is 0.325. The van der Waals surface area contributed by atoms with Crippen LogP contribution in [-0.2, 0) is 5.60 Å². The Labute approximate surface area is 181 Å². The van der Waals surface area contributed by atoms with E-state index in [0.717, 1.165) is 56.0 Å². The Kier molecular flexibility index (Phi) is 3.71. The minimum Gasteiger partial charge on any atom is -0.456 e. The molecule has 1 aliphatic carbocycles. The molecule has 1 N–H and O–H groups in total. The van der Waals surface area contributed by atoms with Crippen LogP contribution in [0.15, 0.2) is 97.1 Å². The van der Waals surface area contributed by atoms with Crippen molar-refractivity contribution in [1.82, 2.24) is 0 Å². The van der Waals surface area contributed by atoms with Gasteiger partial charge in [-0.25, -0.2) is 0 Å². The fraction of sp³-hybridized carbons (Fsp3) is 0.0345. The molecule has 0 bridgehead atoms. The van der Waals surface area contributed by atoms with Gasteiger partial charge < -0.3 is 9.84 Å². The van der Waals surface area contributed by atoms with Gasteiger partial charge in [0.05, 0.1) is 0 Å². The van der Waals surface area contributed by atoms with E-state index in [0.29, 0.717) is 0 Å². The lowest BCUT2D eigenvalue weighted by atomic mass is 9.70. The summed E-state index contributed by atoms with van der Waals surface area (Å²) in [4.78, 5) is 0. The first-order chi connectivity index (χ1) is 15.2. The third-order valence-electron chi connectivity index (χ3n) is 6.16. The van der Waals surface area contributed by atoms with E-state index in [1.807, 2.05) is 84.9 Å². The average molecular weight is 398 g/mol. The monoisotopic (exact) mass is 398 g/mol. The van der Waals surface area contributed by atoms with Crippen LogP contribution in [0.3, 0.4) is 0 Å². The number of fused-ring (bicyclic) bond motifs is 4. The van der Waals surface area contributed by atoms with E-state index in [1.165, 1.54) is 0 Å². The van der Waals surface area contributed by atoms with E-state index >= 15 is 0 Å². The Morgan fingerprint density at radius 3 is 1.45 bits per heavy atom. The van der Waals surface area contributed by atoms with Crippen molar-refractivity contribution in [2.45, 2.75) is 5.60 Å². The second-order valence-corrected chi connectivity index (χ2v) is 7.79. The Balaban J connectivity index is 1.83. The van der Waals surface area contributed by atoms with E-state index in [1.54, 1.807) is 0 Å². The fourth-order valence-electron chi connectivity index (χ4n) is 4.81. The van der Waals surface area contributed by atoms with Gasteiger partial charge in [0.25, 0.3) is 0 Å². The lowest BCUT2D eigenvalue weighted by Gasteiger charge is -2.36. The van der Waals surface area contributed by atoms with Gasteiger partial charge in [-0.05, 0) is 28.8 Å². The predicted octanol–water partition coefficient (Wildman–Crippen LogP) is 5.98. The number of hydrogen-bond acceptors (Lipinski definition) is 2. The number of hydrogen-bond donors (Lipinski definition) is 1. The Hall–Kier alpha value is -4.06. The maximum atomic E-state index is 11.6. The van der Waals surface area contributed by atoms with Gasteiger partial charge >= 0.3 is 0 Å². The molecule has 0 atom stereocenters. The van der Waals surface area contributed by atoms with Crippen molar-refractivity contribution in [3.63, 3.8) is 0 Å². The van der Waals surface area contributed by atoms with Crippen LogP contribution in [0.2, 0.25) is 0 Å². The van der Waals surface area contributed by atoms with Crippen molar-refractivity contribution in [2.75, 3.05) is 0 Å². The van der Waals surface area contributed by atoms with Crippen LogP contribution >= 0.6 is 0 Å². The summed E-state index contributed by atoms with van der Waals surface area (Å²) in [6.45, 7) is 0. The SMILES string of the molecule is C#CC1(O)c2ccccc2C(=C2c3ccccc3Oc3ccccc32)c2ccccc21. The molecule has 1 heterocycles. The van der Waals surface area contributed by atoms with Crippen LogP contribution in [0.4, 0.5) is 0 Å². The minimum absolute atomic E-state index is 0.722. The first-order valence-corrected chi connectivity index (χ1v) is 10.2. The highest BCUT2D eigenvalue weighted by Gasteiger charge is 2.41. The molecule has 1 aliphatic heterocycles. The Morgan fingerprint density at radius 1 is 0.581 bits per heavy atom. The highest BCUT2D eigenvalue weighted by Crippen LogP contribution is 2.52. The summed E-state index contributed by atoms with van der Waals surface area (Å²) in [5, 5.41) is 11.6. The second kappa shape index (κ2) is 6.47. The van der Waals surface area contributed by atoms with Gasteiger partial charge in [0.2, 0.25) is 0 Å². The molecule has 31 heavy (non-hydrogen) atoms. The average Bonchev–Trinajstić information content (AvgIpc) is 2.83. The summed E-state index contributed by atoms with van der Waals surface area (Å²) in [7, 11) is 0. The van der Waals surface area contributed by atoms with Crippen molar-refractivity contribution in [3.8, 4) is 23.8 Å². The Morgan fingerprint density at radius 2 is 0.968 bits per heavy atom. The molecule has 0 radical (unpaired) electrons. The zero-order valence-corrected chi connectivity index (χ0v) is 16.7. The fourth-order valence-corrected chi connectivity index (χ4v) is 4.81. The van der Waals surface area contributed by atoms with E-state index in [-0.39, 0.29) is 0 Å². The highest BCUT2D eigenvalue weighted by atomic mass is 16.5. The van der Waals surface area contributed by atoms with Gasteiger partial charge in [-0.2, -0.15) is 0 Å². The first kappa shape index (κ1) is 17.8. The number of para-hydroxylation sites is 2. The van der Waals surface area contributed by atoms with Gasteiger partial charge in [-0.3, -0.25) is 0 Å². The van der Waals surface area contributed by atoms with E-state index in [9.17, 15) is 5.11 Å². The molecule has 0 saturated carbocycles. The molecule has 0 unspecified atom stereocenters. The number of benzene rings is 4. The number of aliphatic hydroxyl groups is 1. The molecule has 2 aliphatic rings. The molecule has 2 heteroatoms. The van der Waals surface area contributed by atoms with Crippen molar-refractivity contribution in [1.29, 1.82) is 0 Å². The summed E-state index contributed by atoms with van der Waals surface area (Å²) in [5.74, 6) is 4.30. The van der Waals surface area contributed by atoms with Crippen LogP contribution in [-0.4, -0.2) is 5.11 Å². The Bertz CT molecular complexity index is 1340. The van der Waals surface area contributed by atoms with Gasteiger partial charge in [0, 0.05) is 27.8 Å². The number of terminal acetylenes is 1. The zero-order chi connectivity index (χ0) is 21.0. The lowest BCUT2D eigenvalue weighted by molar-refractivity contribution is 0.143. The summed E-state index contributed by atoms with van der Waals surface area (Å²) < 4.78 is 6.22. The predicted molar refractivity (Wildman–Crippen MR) is 123 cm³/mol. The summed E-state index contributed by atoms with van der Waals surface area (Å²) in [6, 6.07) is 31.9. The summed E-state index contributed by atoms with van der Waals surface area (Å²) in [6.07, 6.45) is 5.91. The molecule has 0 aromatic heterocycles. The minimum atomic E-state index is -1.48. The standard InChI is InChI=1S/C29H18O2/c1-2-29(30)23-15-7-3-11-19(23)27(20-12-4-8-16-24(20)29)28-21-13-5-9-17-25(21)31-26-18-10-6-14-22(26)28/h1,3-18,30H. The largest absolute Gasteiger partial charge is 0.456 e. The van der Waals surface area contributed by atoms with Gasteiger partial charge in [-0.1, -0.05) is 90.8 Å². The van der Waals surface area contributed by atoms with Crippen molar-refractivity contribution >= 4 is 11.1 Å². The molecular weight excluding hydrogens is 380 g/mol. The molecule has 0 spiro atoms. The van der Waals surface area contributed by atoms with Gasteiger partial charge in [0.15, 0.2) is 5.60 Å². The van der Waals surface area contributed by atoms with E-state index < -0.39 is 5.60 Å². The maximum Gasteiger partial charge on any atom is 0.177 e. The van der Waals surface area contributed by atoms with Crippen LogP contribution in [0.1, 0.15) is 33.4 Å². The summed E-state index contributed by atoms with van der Waals surface area (Å²) >= 11 is 0. The van der Waals surface area contributed by atoms with Crippen molar-refractivity contribution < 1.29 is 9.84 Å². The molecular formula is C29H18O2. The molecule has 0 fully saturated rings. The molecule has 4 aromatic carbocycles. The van der Waals surface area contributed by atoms with Gasteiger partial charge in [0.1, 0.15) is 11.5 Å². The zero-order valence-electron chi connectivity index (χ0n) is 16.7. The van der Waals surface area contributed by atoms with Crippen molar-refractivity contribution in [2.24, 2.45) is 0 Å². The first-order valence-electron chi connectivity index (χ1n) is 10.2. The number of ether oxygens (including phenoxy) is 1. The highest BCUT2D eigenvalue weighted by molar-refractivity contribution is 6.09. The van der Waals surface area contributed by atoms with Crippen LogP contribution in [0, 0.1) is 12.3 Å². The van der Waals surface area contributed by atoms with Crippen molar-refractivity contribution in [3.05, 3.63) is 130 Å². The molecule has 0 saturated heterocycles. The van der Waals surface area contributed by atoms with Crippen LogP contribution in [0.25, 0.3) is 11.1 Å². The molecule has 4 aromatic rings. The summed E-state index contributed by atoms with van der Waals surface area (Å²) in [5.41, 5.74) is 6.00. The van der Waals surface area contributed by atoms with Crippen LogP contribution in [0.5, 0.6) is 11.5 Å². The topological polar surface area (TPSA) is 29.5 Å².